The van der Waals surface area contributed by atoms with Crippen molar-refractivity contribution in [1.29, 1.82) is 0 Å². The summed E-state index contributed by atoms with van der Waals surface area (Å²) in [6.45, 7) is 0. The highest BCUT2D eigenvalue weighted by molar-refractivity contribution is 5.81. The molecule has 0 saturated heterocycles. The molecule has 0 aliphatic heterocycles. The van der Waals surface area contributed by atoms with E-state index in [4.69, 9.17) is 4.74 Å². The molecule has 78 valence electrons. The second kappa shape index (κ2) is 3.70. The summed E-state index contributed by atoms with van der Waals surface area (Å²) in [6.07, 6.45) is 3.60. The highest BCUT2D eigenvalue weighted by atomic mass is 16.5. The number of aromatic nitrogens is 2. The van der Waals surface area contributed by atoms with Gasteiger partial charge in [0.2, 0.25) is 0 Å². The third-order valence-corrected chi connectivity index (χ3v) is 2.38. The predicted molar refractivity (Wildman–Crippen MR) is 62.6 cm³/mol. The zero-order chi connectivity index (χ0) is 10.8. The van der Waals surface area contributed by atoms with E-state index in [2.05, 4.69) is 9.97 Å². The van der Waals surface area contributed by atoms with Crippen molar-refractivity contribution in [2.75, 3.05) is 0 Å². The molecule has 1 aromatic carbocycles. The molecular weight excluding hydrogens is 200 g/mol. The third kappa shape index (κ3) is 1.52. The van der Waals surface area contributed by atoms with Crippen LogP contribution in [0.2, 0.25) is 0 Å². The van der Waals surface area contributed by atoms with Gasteiger partial charge in [0.15, 0.2) is 5.75 Å². The zero-order valence-electron chi connectivity index (χ0n) is 8.55. The molecule has 0 saturated carbocycles. The van der Waals surface area contributed by atoms with Crippen LogP contribution in [0.5, 0.6) is 11.5 Å². The Hall–Kier alpha value is -2.29. The van der Waals surface area contributed by atoms with Gasteiger partial charge in [0, 0.05) is 18.5 Å². The molecule has 3 heteroatoms. The number of aromatic amines is 1. The maximum atomic E-state index is 5.78. The first-order valence-corrected chi connectivity index (χ1v) is 5.08. The van der Waals surface area contributed by atoms with Crippen molar-refractivity contribution in [3.05, 3.63) is 54.9 Å². The molecule has 3 rings (SSSR count). The molecule has 0 bridgehead atoms. The number of rotatable bonds is 2. The van der Waals surface area contributed by atoms with Crippen LogP contribution in [-0.2, 0) is 0 Å². The second-order valence-corrected chi connectivity index (χ2v) is 3.46. The summed E-state index contributed by atoms with van der Waals surface area (Å²) in [5.74, 6) is 1.62. The molecule has 0 aliphatic rings. The molecule has 1 N–H and O–H groups in total. The van der Waals surface area contributed by atoms with Gasteiger partial charge in [-0.25, -0.2) is 0 Å². The van der Waals surface area contributed by atoms with Gasteiger partial charge in [-0.2, -0.15) is 0 Å². The van der Waals surface area contributed by atoms with Crippen LogP contribution >= 0.6 is 0 Å². The number of para-hydroxylation sites is 1. The van der Waals surface area contributed by atoms with E-state index in [1.165, 1.54) is 0 Å². The summed E-state index contributed by atoms with van der Waals surface area (Å²) < 4.78 is 5.78. The Morgan fingerprint density at radius 2 is 1.88 bits per heavy atom. The second-order valence-electron chi connectivity index (χ2n) is 3.46. The van der Waals surface area contributed by atoms with Crippen LogP contribution in [0.25, 0.3) is 11.0 Å². The van der Waals surface area contributed by atoms with Crippen molar-refractivity contribution in [3.8, 4) is 11.5 Å². The van der Waals surface area contributed by atoms with E-state index in [1.807, 2.05) is 48.7 Å². The summed E-state index contributed by atoms with van der Waals surface area (Å²) in [4.78, 5) is 7.35. The highest BCUT2D eigenvalue weighted by Crippen LogP contribution is 2.26. The van der Waals surface area contributed by atoms with E-state index in [-0.39, 0.29) is 0 Å². The Kier molecular flexibility index (Phi) is 2.07. The summed E-state index contributed by atoms with van der Waals surface area (Å²) >= 11 is 0. The van der Waals surface area contributed by atoms with Crippen molar-refractivity contribution in [3.63, 3.8) is 0 Å². The first kappa shape index (κ1) is 8.97. The van der Waals surface area contributed by atoms with Gasteiger partial charge in [-0.1, -0.05) is 18.2 Å². The minimum absolute atomic E-state index is 0.793. The molecule has 0 spiro atoms. The van der Waals surface area contributed by atoms with Crippen molar-refractivity contribution in [2.24, 2.45) is 0 Å². The van der Waals surface area contributed by atoms with Gasteiger partial charge in [-0.05, 0) is 18.2 Å². The van der Waals surface area contributed by atoms with E-state index >= 15 is 0 Å². The number of H-pyrrole nitrogens is 1. The van der Waals surface area contributed by atoms with Gasteiger partial charge < -0.3 is 9.72 Å². The summed E-state index contributed by atoms with van der Waals surface area (Å²) in [5, 5.41) is 0. The maximum Gasteiger partial charge on any atom is 0.154 e. The lowest BCUT2D eigenvalue weighted by Crippen LogP contribution is -1.86. The zero-order valence-corrected chi connectivity index (χ0v) is 8.55. The van der Waals surface area contributed by atoms with E-state index in [0.29, 0.717) is 0 Å². The fourth-order valence-corrected chi connectivity index (χ4v) is 1.64. The van der Waals surface area contributed by atoms with Gasteiger partial charge in [0.1, 0.15) is 11.3 Å². The van der Waals surface area contributed by atoms with Crippen molar-refractivity contribution >= 4 is 11.0 Å². The average Bonchev–Trinajstić information content (AvgIpc) is 2.80. The molecular formula is C13H10N2O. The van der Waals surface area contributed by atoms with E-state index in [0.717, 1.165) is 22.5 Å². The Balaban J connectivity index is 2.04. The van der Waals surface area contributed by atoms with Crippen LogP contribution in [0.4, 0.5) is 0 Å². The molecule has 0 atom stereocenters. The lowest BCUT2D eigenvalue weighted by molar-refractivity contribution is 0.487. The Labute approximate surface area is 92.7 Å². The topological polar surface area (TPSA) is 37.9 Å². The largest absolute Gasteiger partial charge is 0.455 e. The summed E-state index contributed by atoms with van der Waals surface area (Å²) in [5.41, 5.74) is 1.83. The van der Waals surface area contributed by atoms with E-state index in [9.17, 15) is 0 Å². The smallest absolute Gasteiger partial charge is 0.154 e. The number of nitrogens with one attached hydrogen (secondary N) is 1. The van der Waals surface area contributed by atoms with Gasteiger partial charge in [0.05, 0.1) is 5.52 Å². The summed E-state index contributed by atoms with van der Waals surface area (Å²) in [6, 6.07) is 13.5. The normalized spacial score (nSPS) is 10.5. The number of benzene rings is 1. The third-order valence-electron chi connectivity index (χ3n) is 2.38. The molecule has 3 nitrogen and oxygen atoms in total. The molecule has 2 aromatic heterocycles. The van der Waals surface area contributed by atoms with Crippen molar-refractivity contribution < 1.29 is 4.74 Å². The Morgan fingerprint density at radius 1 is 1.00 bits per heavy atom. The lowest BCUT2D eigenvalue weighted by Gasteiger charge is -2.05. The van der Waals surface area contributed by atoms with E-state index in [1.54, 1.807) is 6.20 Å². The number of hydrogen-bond donors (Lipinski definition) is 1. The van der Waals surface area contributed by atoms with Gasteiger partial charge in [0.25, 0.3) is 0 Å². The fourth-order valence-electron chi connectivity index (χ4n) is 1.64. The lowest BCUT2D eigenvalue weighted by atomic mass is 10.3. The van der Waals surface area contributed by atoms with Crippen molar-refractivity contribution in [1.82, 2.24) is 9.97 Å². The number of hydrogen-bond acceptors (Lipinski definition) is 2. The monoisotopic (exact) mass is 210 g/mol. The minimum Gasteiger partial charge on any atom is -0.455 e. The quantitative estimate of drug-likeness (QED) is 0.704. The molecule has 0 amide bonds. The minimum atomic E-state index is 0.793. The predicted octanol–water partition coefficient (Wildman–Crippen LogP) is 3.36. The molecule has 2 heterocycles. The van der Waals surface area contributed by atoms with Crippen LogP contribution in [0.15, 0.2) is 54.9 Å². The number of fused-ring (bicyclic) bond motifs is 1. The van der Waals surface area contributed by atoms with Crippen LogP contribution in [0.3, 0.4) is 0 Å². The van der Waals surface area contributed by atoms with Crippen LogP contribution in [-0.4, -0.2) is 9.97 Å². The first-order valence-electron chi connectivity index (χ1n) is 5.08. The average molecular weight is 210 g/mol. The van der Waals surface area contributed by atoms with Gasteiger partial charge in [-0.15, -0.1) is 0 Å². The number of pyridine rings is 1. The van der Waals surface area contributed by atoms with Crippen LogP contribution in [0.1, 0.15) is 0 Å². The molecule has 0 fully saturated rings. The van der Waals surface area contributed by atoms with E-state index < -0.39 is 0 Å². The van der Waals surface area contributed by atoms with Gasteiger partial charge >= 0.3 is 0 Å². The Bertz CT molecular complexity index is 601. The van der Waals surface area contributed by atoms with Gasteiger partial charge in [-0.3, -0.25) is 4.98 Å². The maximum absolute atomic E-state index is 5.78. The standard InChI is InChI=1S/C13H10N2O/c1-2-4-10(5-3-1)16-12-7-9-14-11-6-8-15-13(11)12/h1-9,15H. The van der Waals surface area contributed by atoms with Crippen LogP contribution in [0, 0.1) is 0 Å². The molecule has 16 heavy (non-hydrogen) atoms. The first-order chi connectivity index (χ1) is 7.93. The number of nitrogens with zero attached hydrogens (tertiary/aromatic N) is 1. The number of ether oxygens (including phenoxy) is 1. The SMILES string of the molecule is c1ccc(Oc2ccnc3cc[nH]c23)cc1. The highest BCUT2D eigenvalue weighted by Gasteiger charge is 2.04. The fraction of sp³-hybridized carbons (Fsp3) is 0. The molecule has 3 aromatic rings. The molecule has 0 aliphatic carbocycles. The van der Waals surface area contributed by atoms with Crippen molar-refractivity contribution in [2.45, 2.75) is 0 Å². The van der Waals surface area contributed by atoms with Crippen LogP contribution < -0.4 is 4.74 Å². The molecule has 0 radical (unpaired) electrons. The summed E-state index contributed by atoms with van der Waals surface area (Å²) in [7, 11) is 0. The molecule has 0 unspecified atom stereocenters. The Morgan fingerprint density at radius 3 is 2.75 bits per heavy atom.